The van der Waals surface area contributed by atoms with Crippen LogP contribution >= 0.6 is 11.6 Å². The highest BCUT2D eigenvalue weighted by Gasteiger charge is 2.46. The van der Waals surface area contributed by atoms with Crippen molar-refractivity contribution in [1.82, 2.24) is 0 Å². The first-order valence-corrected chi connectivity index (χ1v) is 10.4. The number of methoxy groups -OCH3 is 1. The van der Waals surface area contributed by atoms with Gasteiger partial charge in [0, 0.05) is 24.6 Å². The highest BCUT2D eigenvalue weighted by atomic mass is 35.5. The number of amides is 2. The lowest BCUT2D eigenvalue weighted by atomic mass is 10.0. The van der Waals surface area contributed by atoms with Crippen LogP contribution < -0.4 is 19.9 Å². The number of hydrogen-bond acceptors (Lipinski definition) is 4. The number of hydrogen-bond donors (Lipinski definition) is 2. The first-order chi connectivity index (χ1) is 14.5. The zero-order chi connectivity index (χ0) is 21.3. The summed E-state index contributed by atoms with van der Waals surface area (Å²) in [6.07, 6.45) is 1.98. The number of halogens is 2. The number of nitrogens with zero attached hydrogens (tertiary/aromatic N) is 1. The summed E-state index contributed by atoms with van der Waals surface area (Å²) >= 11 is 5.83. The van der Waals surface area contributed by atoms with Gasteiger partial charge in [-0.1, -0.05) is 11.6 Å². The van der Waals surface area contributed by atoms with E-state index in [4.69, 9.17) is 16.3 Å². The average molecular weight is 433 g/mol. The van der Waals surface area contributed by atoms with Gasteiger partial charge in [0.25, 0.3) is 5.91 Å². The molecule has 0 unspecified atom stereocenters. The maximum atomic E-state index is 13.4. The van der Waals surface area contributed by atoms with Gasteiger partial charge in [-0.05, 0) is 42.5 Å². The molecule has 2 amide bonds. The van der Waals surface area contributed by atoms with E-state index in [0.29, 0.717) is 11.7 Å². The van der Waals surface area contributed by atoms with Gasteiger partial charge in [-0.25, -0.2) is 9.29 Å². The monoisotopic (exact) mass is 432 g/mol. The Morgan fingerprint density at radius 3 is 2.47 bits per heavy atom. The van der Waals surface area contributed by atoms with Gasteiger partial charge in [-0.15, -0.1) is 0 Å². The van der Waals surface area contributed by atoms with Gasteiger partial charge in [0.15, 0.2) is 6.04 Å². The fourth-order valence-electron chi connectivity index (χ4n) is 4.25. The summed E-state index contributed by atoms with van der Waals surface area (Å²) in [5.74, 6) is -0.262. The summed E-state index contributed by atoms with van der Waals surface area (Å²) < 4.78 is 18.6. The van der Waals surface area contributed by atoms with Crippen LogP contribution in [-0.2, 0) is 9.59 Å². The Hall–Kier alpha value is -2.64. The number of quaternary nitrogens is 1. The van der Waals surface area contributed by atoms with Crippen molar-refractivity contribution >= 4 is 34.8 Å². The van der Waals surface area contributed by atoms with E-state index in [1.54, 1.807) is 7.11 Å². The summed E-state index contributed by atoms with van der Waals surface area (Å²) in [5, 5.41) is 3.43. The number of ether oxygens (including phenoxy) is 1. The molecule has 2 aromatic carbocycles. The number of rotatable bonds is 5. The lowest BCUT2D eigenvalue weighted by Crippen LogP contribution is -3.17. The second-order valence-corrected chi connectivity index (χ2v) is 8.14. The van der Waals surface area contributed by atoms with Gasteiger partial charge >= 0.3 is 0 Å². The number of likely N-dealkylation sites (tertiary alicyclic amines) is 1. The third-order valence-electron chi connectivity index (χ3n) is 5.89. The number of piperidine rings is 1. The third kappa shape index (κ3) is 4.13. The molecule has 2 heterocycles. The molecule has 0 spiro atoms. The molecule has 2 saturated heterocycles. The fourth-order valence-corrected chi connectivity index (χ4v) is 4.43. The summed E-state index contributed by atoms with van der Waals surface area (Å²) in [4.78, 5) is 27.8. The standard InChI is InChI=1S/C22H23ClFN3O3/c1-30-17-5-2-14(3-6-17)25-15-8-10-26(11-9-15)20-13-21(28)27(22(20)29)16-4-7-19(24)18(23)12-16/h2-7,12,15,20,25H,8-11,13H2,1H3/p+1/t20-/m0/s1. The lowest BCUT2D eigenvalue weighted by molar-refractivity contribution is -0.919. The molecule has 158 valence electrons. The van der Waals surface area contributed by atoms with Crippen molar-refractivity contribution in [2.24, 2.45) is 0 Å². The Bertz CT molecular complexity index is 945. The van der Waals surface area contributed by atoms with E-state index in [1.807, 2.05) is 24.3 Å². The van der Waals surface area contributed by atoms with E-state index < -0.39 is 11.9 Å². The van der Waals surface area contributed by atoms with Crippen LogP contribution in [0.25, 0.3) is 0 Å². The largest absolute Gasteiger partial charge is 0.497 e. The van der Waals surface area contributed by atoms with Crippen LogP contribution in [0, 0.1) is 5.82 Å². The van der Waals surface area contributed by atoms with Crippen LogP contribution in [0.1, 0.15) is 19.3 Å². The second-order valence-electron chi connectivity index (χ2n) is 7.73. The SMILES string of the molecule is COc1ccc(NC2CC[NH+]([C@H]3CC(=O)N(c4ccc(F)c(Cl)c4)C3=O)CC2)cc1. The van der Waals surface area contributed by atoms with Gasteiger partial charge in [0.05, 0.1) is 37.3 Å². The quantitative estimate of drug-likeness (QED) is 0.711. The van der Waals surface area contributed by atoms with E-state index in [9.17, 15) is 14.0 Å². The molecular formula is C22H24ClFN3O3+. The van der Waals surface area contributed by atoms with Gasteiger partial charge in [0.2, 0.25) is 5.91 Å². The minimum Gasteiger partial charge on any atom is -0.497 e. The van der Waals surface area contributed by atoms with Gasteiger partial charge in [0.1, 0.15) is 11.6 Å². The molecule has 2 aliphatic heterocycles. The van der Waals surface area contributed by atoms with Crippen LogP contribution in [0.4, 0.5) is 15.8 Å². The van der Waals surface area contributed by atoms with Crippen molar-refractivity contribution in [1.29, 1.82) is 0 Å². The zero-order valence-corrected chi connectivity index (χ0v) is 17.4. The Labute approximate surface area is 179 Å². The Morgan fingerprint density at radius 2 is 1.83 bits per heavy atom. The molecule has 2 fully saturated rings. The Morgan fingerprint density at radius 1 is 1.13 bits per heavy atom. The minimum absolute atomic E-state index is 0.102. The topological polar surface area (TPSA) is 63.1 Å². The van der Waals surface area contributed by atoms with Crippen molar-refractivity contribution in [3.63, 3.8) is 0 Å². The number of carbonyl (C=O) groups excluding carboxylic acids is 2. The predicted octanol–water partition coefficient (Wildman–Crippen LogP) is 2.28. The van der Waals surface area contributed by atoms with E-state index in [2.05, 4.69) is 5.32 Å². The van der Waals surface area contributed by atoms with E-state index in [1.165, 1.54) is 18.2 Å². The molecule has 2 N–H and O–H groups in total. The molecule has 0 radical (unpaired) electrons. The van der Waals surface area contributed by atoms with Crippen LogP contribution in [0.5, 0.6) is 5.75 Å². The molecule has 6 nitrogen and oxygen atoms in total. The molecule has 0 bridgehead atoms. The number of imide groups is 1. The smallest absolute Gasteiger partial charge is 0.292 e. The van der Waals surface area contributed by atoms with Crippen molar-refractivity contribution in [3.8, 4) is 5.75 Å². The third-order valence-corrected chi connectivity index (χ3v) is 6.18. The van der Waals surface area contributed by atoms with Crippen LogP contribution in [-0.4, -0.2) is 44.1 Å². The Kier molecular flexibility index (Phi) is 5.92. The lowest BCUT2D eigenvalue weighted by Gasteiger charge is -2.32. The van der Waals surface area contributed by atoms with Crippen molar-refractivity contribution in [2.75, 3.05) is 30.4 Å². The van der Waals surface area contributed by atoms with Crippen LogP contribution in [0.3, 0.4) is 0 Å². The van der Waals surface area contributed by atoms with E-state index in [0.717, 1.165) is 47.2 Å². The van der Waals surface area contributed by atoms with Crippen molar-refractivity contribution < 1.29 is 23.6 Å². The molecule has 0 aliphatic carbocycles. The van der Waals surface area contributed by atoms with Crippen molar-refractivity contribution in [3.05, 3.63) is 53.3 Å². The molecule has 4 rings (SSSR count). The van der Waals surface area contributed by atoms with Crippen molar-refractivity contribution in [2.45, 2.75) is 31.3 Å². The maximum Gasteiger partial charge on any atom is 0.292 e. The molecule has 8 heteroatoms. The van der Waals surface area contributed by atoms with Crippen LogP contribution in [0.15, 0.2) is 42.5 Å². The Balaban J connectivity index is 1.37. The number of nitrogens with one attached hydrogen (secondary N) is 2. The highest BCUT2D eigenvalue weighted by Crippen LogP contribution is 2.27. The predicted molar refractivity (Wildman–Crippen MR) is 113 cm³/mol. The average Bonchev–Trinajstić information content (AvgIpc) is 3.05. The molecule has 2 aromatic rings. The summed E-state index contributed by atoms with van der Waals surface area (Å²) in [7, 11) is 1.64. The van der Waals surface area contributed by atoms with Gasteiger partial charge in [-0.2, -0.15) is 0 Å². The summed E-state index contributed by atoms with van der Waals surface area (Å²) in [6, 6.07) is 11.7. The highest BCUT2D eigenvalue weighted by molar-refractivity contribution is 6.31. The molecule has 30 heavy (non-hydrogen) atoms. The minimum atomic E-state index is -0.576. The second kappa shape index (κ2) is 8.62. The molecule has 2 aliphatic rings. The molecule has 0 saturated carbocycles. The number of anilines is 2. The normalized spacial score (nSPS) is 24.2. The fraction of sp³-hybridized carbons (Fsp3) is 0.364. The first-order valence-electron chi connectivity index (χ1n) is 10.0. The number of benzene rings is 2. The van der Waals surface area contributed by atoms with Crippen LogP contribution in [0.2, 0.25) is 5.02 Å². The molecule has 0 aromatic heterocycles. The molecular weight excluding hydrogens is 409 g/mol. The maximum absolute atomic E-state index is 13.4. The molecule has 1 atom stereocenters. The van der Waals surface area contributed by atoms with E-state index >= 15 is 0 Å². The van der Waals surface area contributed by atoms with Gasteiger partial charge < -0.3 is 15.0 Å². The van der Waals surface area contributed by atoms with E-state index in [-0.39, 0.29) is 23.3 Å². The number of carbonyl (C=O) groups is 2. The first kappa shape index (κ1) is 20.6. The summed E-state index contributed by atoms with van der Waals surface area (Å²) in [5.41, 5.74) is 1.37. The summed E-state index contributed by atoms with van der Waals surface area (Å²) in [6.45, 7) is 1.60. The zero-order valence-electron chi connectivity index (χ0n) is 16.7. The van der Waals surface area contributed by atoms with Gasteiger partial charge in [-0.3, -0.25) is 9.59 Å².